The predicted octanol–water partition coefficient (Wildman–Crippen LogP) is 3.87. The Morgan fingerprint density at radius 3 is 2.47 bits per heavy atom. The van der Waals surface area contributed by atoms with E-state index in [9.17, 15) is 19.5 Å². The van der Waals surface area contributed by atoms with Gasteiger partial charge < -0.3 is 10.0 Å². The Morgan fingerprint density at radius 1 is 1.17 bits per heavy atom. The van der Waals surface area contributed by atoms with Gasteiger partial charge in [0.15, 0.2) is 0 Å². The Morgan fingerprint density at radius 2 is 1.87 bits per heavy atom. The monoisotopic (exact) mass is 407 g/mol. The number of carbonyl (C=O) groups excluding carboxylic acids is 1. The maximum Gasteiger partial charge on any atom is 0.346 e. The Bertz CT molecular complexity index is 1190. The van der Waals surface area contributed by atoms with Gasteiger partial charge in [-0.05, 0) is 44.0 Å². The van der Waals surface area contributed by atoms with Gasteiger partial charge >= 0.3 is 12.0 Å². The third-order valence-electron chi connectivity index (χ3n) is 5.14. The third-order valence-corrected chi connectivity index (χ3v) is 5.14. The molecule has 0 aliphatic rings. The second-order valence-corrected chi connectivity index (χ2v) is 7.43. The second kappa shape index (κ2) is 8.41. The molecule has 7 nitrogen and oxygen atoms in total. The molecule has 0 saturated heterocycles. The predicted molar refractivity (Wildman–Crippen MR) is 116 cm³/mol. The van der Waals surface area contributed by atoms with E-state index in [-0.39, 0.29) is 29.1 Å². The van der Waals surface area contributed by atoms with Crippen LogP contribution in [0.2, 0.25) is 0 Å². The maximum atomic E-state index is 13.6. The largest absolute Gasteiger partial charge is 0.478 e. The summed E-state index contributed by atoms with van der Waals surface area (Å²) >= 11 is 0. The number of fused-ring (bicyclic) bond motifs is 1. The zero-order chi connectivity index (χ0) is 22.0. The normalized spacial score (nSPS) is 11.1. The molecular formula is C23H25N3O4. The molecular weight excluding hydrogens is 382 g/mol. The zero-order valence-electron chi connectivity index (χ0n) is 17.3. The van der Waals surface area contributed by atoms with Crippen molar-refractivity contribution >= 4 is 22.9 Å². The van der Waals surface area contributed by atoms with E-state index in [0.717, 1.165) is 15.8 Å². The van der Waals surface area contributed by atoms with E-state index in [1.807, 2.05) is 45.0 Å². The van der Waals surface area contributed by atoms with Crippen molar-refractivity contribution in [3.8, 4) is 0 Å². The average molecular weight is 407 g/mol. The van der Waals surface area contributed by atoms with Crippen LogP contribution in [0.1, 0.15) is 35.3 Å². The van der Waals surface area contributed by atoms with Gasteiger partial charge in [0, 0.05) is 12.6 Å². The molecule has 0 saturated carbocycles. The van der Waals surface area contributed by atoms with Crippen LogP contribution in [0.5, 0.6) is 0 Å². The molecule has 3 aromatic rings. The summed E-state index contributed by atoms with van der Waals surface area (Å²) in [5, 5.41) is 9.78. The highest BCUT2D eigenvalue weighted by Gasteiger charge is 2.27. The number of nitrogens with zero attached hydrogens (tertiary/aromatic N) is 3. The molecule has 0 atom stereocenters. The number of hydrogen-bond donors (Lipinski definition) is 1. The molecule has 156 valence electrons. The molecule has 1 N–H and O–H groups in total. The molecule has 1 heterocycles. The van der Waals surface area contributed by atoms with Crippen LogP contribution < -0.4 is 5.56 Å². The van der Waals surface area contributed by atoms with E-state index >= 15 is 0 Å². The van der Waals surface area contributed by atoms with Crippen LogP contribution in [-0.4, -0.2) is 37.4 Å². The topological polar surface area (TPSA) is 84.5 Å². The molecule has 0 bridgehead atoms. The molecule has 0 unspecified atom stereocenters. The minimum absolute atomic E-state index is 0.0343. The highest BCUT2D eigenvalue weighted by atomic mass is 16.4. The number of rotatable bonds is 6. The number of amides is 1. The van der Waals surface area contributed by atoms with Gasteiger partial charge in [-0.2, -0.15) is 4.68 Å². The number of benzene rings is 2. The lowest BCUT2D eigenvalue weighted by Crippen LogP contribution is -2.44. The van der Waals surface area contributed by atoms with Crippen molar-refractivity contribution in [1.29, 1.82) is 0 Å². The number of hydrogen-bond acceptors (Lipinski definition) is 3. The van der Waals surface area contributed by atoms with Crippen LogP contribution in [0.3, 0.4) is 0 Å². The van der Waals surface area contributed by atoms with Crippen molar-refractivity contribution in [2.45, 2.75) is 39.9 Å². The lowest BCUT2D eigenvalue weighted by atomic mass is 10.1. The van der Waals surface area contributed by atoms with Crippen molar-refractivity contribution in [1.82, 2.24) is 14.3 Å². The van der Waals surface area contributed by atoms with E-state index in [4.69, 9.17) is 0 Å². The van der Waals surface area contributed by atoms with Crippen LogP contribution in [0.25, 0.3) is 10.9 Å². The fourth-order valence-corrected chi connectivity index (χ4v) is 3.54. The Labute approximate surface area is 174 Å². The number of aryl methyl sites for hydroxylation is 1. The molecule has 30 heavy (non-hydrogen) atoms. The van der Waals surface area contributed by atoms with Crippen LogP contribution >= 0.6 is 0 Å². The molecule has 0 aliphatic carbocycles. The van der Waals surface area contributed by atoms with Crippen LogP contribution in [0.15, 0.2) is 59.9 Å². The fourth-order valence-electron chi connectivity index (χ4n) is 3.54. The molecule has 7 heteroatoms. The molecule has 0 spiro atoms. The summed E-state index contributed by atoms with van der Waals surface area (Å²) < 4.78 is 2.42. The van der Waals surface area contributed by atoms with E-state index in [1.54, 1.807) is 4.90 Å². The van der Waals surface area contributed by atoms with Crippen molar-refractivity contribution < 1.29 is 14.7 Å². The number of carboxylic acids is 1. The highest BCUT2D eigenvalue weighted by molar-refractivity contribution is 6.02. The summed E-state index contributed by atoms with van der Waals surface area (Å²) in [6.07, 6.45) is 1.53. The first-order valence-electron chi connectivity index (χ1n) is 9.72. The Balaban J connectivity index is 2.21. The summed E-state index contributed by atoms with van der Waals surface area (Å²) in [7, 11) is 0. The summed E-state index contributed by atoms with van der Waals surface area (Å²) in [6.45, 7) is 9.87. The van der Waals surface area contributed by atoms with E-state index < -0.39 is 17.6 Å². The zero-order valence-corrected chi connectivity index (χ0v) is 17.3. The highest BCUT2D eigenvalue weighted by Crippen LogP contribution is 2.20. The molecule has 1 aromatic heterocycles. The number of carbonyl (C=O) groups is 2. The summed E-state index contributed by atoms with van der Waals surface area (Å²) in [6, 6.07) is 11.5. The quantitative estimate of drug-likeness (QED) is 0.629. The van der Waals surface area contributed by atoms with Crippen LogP contribution in [0, 0.1) is 6.92 Å². The van der Waals surface area contributed by atoms with Gasteiger partial charge in [-0.25, -0.2) is 9.59 Å². The SMILES string of the molecule is C=CCn1c2c(C(=O)O)cccc2c(=O)n1C(=O)N(Cc1ccccc1C)C(C)C. The van der Waals surface area contributed by atoms with Gasteiger partial charge in [-0.3, -0.25) is 9.48 Å². The third kappa shape index (κ3) is 3.66. The van der Waals surface area contributed by atoms with Gasteiger partial charge in [-0.1, -0.05) is 36.4 Å². The molecule has 0 aliphatic heterocycles. The first-order chi connectivity index (χ1) is 14.3. The number of aromatic carboxylic acids is 1. The van der Waals surface area contributed by atoms with Gasteiger partial charge in [0.2, 0.25) is 0 Å². The number of aromatic nitrogens is 2. The van der Waals surface area contributed by atoms with E-state index in [0.29, 0.717) is 6.54 Å². The van der Waals surface area contributed by atoms with Crippen molar-refractivity contribution in [2.75, 3.05) is 0 Å². The Kier molecular flexibility index (Phi) is 5.91. The van der Waals surface area contributed by atoms with Gasteiger partial charge in [0.1, 0.15) is 0 Å². The van der Waals surface area contributed by atoms with Crippen molar-refractivity contribution in [2.24, 2.45) is 0 Å². The number of para-hydroxylation sites is 1. The lowest BCUT2D eigenvalue weighted by Gasteiger charge is -2.28. The summed E-state index contributed by atoms with van der Waals surface area (Å²) in [5.74, 6) is -1.16. The Hall–Kier alpha value is -3.61. The van der Waals surface area contributed by atoms with E-state index in [2.05, 4.69) is 6.58 Å². The first-order valence-corrected chi connectivity index (χ1v) is 9.72. The lowest BCUT2D eigenvalue weighted by molar-refractivity contribution is 0.0698. The molecule has 2 aromatic carbocycles. The average Bonchev–Trinajstić information content (AvgIpc) is 2.99. The summed E-state index contributed by atoms with van der Waals surface area (Å²) in [5.41, 5.74) is 1.65. The smallest absolute Gasteiger partial charge is 0.346 e. The minimum atomic E-state index is -1.16. The van der Waals surface area contributed by atoms with E-state index in [1.165, 1.54) is 29.0 Å². The van der Waals surface area contributed by atoms with Gasteiger partial charge in [0.25, 0.3) is 5.56 Å². The number of allylic oxidation sites excluding steroid dienone is 1. The van der Waals surface area contributed by atoms with Crippen molar-refractivity contribution in [3.05, 3.63) is 82.2 Å². The standard InChI is InChI=1S/C23H25N3O4/c1-5-13-25-20-18(11-8-12-19(20)22(28)29)21(27)26(25)23(30)24(15(2)3)14-17-10-7-6-9-16(17)4/h5-12,15H,1,13-14H2,2-4H3,(H,28,29). The van der Waals surface area contributed by atoms with Gasteiger partial charge in [0.05, 0.1) is 23.0 Å². The first kappa shape index (κ1) is 21.1. The number of carboxylic acid groups (broad SMARTS) is 1. The summed E-state index contributed by atoms with van der Waals surface area (Å²) in [4.78, 5) is 40.0. The fraction of sp³-hybridized carbons (Fsp3) is 0.261. The molecule has 3 rings (SSSR count). The van der Waals surface area contributed by atoms with Crippen LogP contribution in [-0.2, 0) is 13.1 Å². The second-order valence-electron chi connectivity index (χ2n) is 7.43. The van der Waals surface area contributed by atoms with Crippen LogP contribution in [0.4, 0.5) is 4.79 Å². The molecule has 0 fully saturated rings. The van der Waals surface area contributed by atoms with Crippen molar-refractivity contribution in [3.63, 3.8) is 0 Å². The van der Waals surface area contributed by atoms with Gasteiger partial charge in [-0.15, -0.1) is 6.58 Å². The molecule has 1 amide bonds. The molecule has 0 radical (unpaired) electrons. The minimum Gasteiger partial charge on any atom is -0.478 e. The maximum absolute atomic E-state index is 13.6.